The van der Waals surface area contributed by atoms with E-state index < -0.39 is 0 Å². The summed E-state index contributed by atoms with van der Waals surface area (Å²) >= 11 is 0. The van der Waals surface area contributed by atoms with E-state index in [0.29, 0.717) is 0 Å². The number of rotatable bonds is 1. The number of piperidine rings is 1. The zero-order valence-corrected chi connectivity index (χ0v) is 9.47. The topological polar surface area (TPSA) is 15.3 Å². The highest BCUT2D eigenvalue weighted by molar-refractivity contribution is 4.80. The molecule has 14 heavy (non-hydrogen) atoms. The molecule has 2 fully saturated rings. The Morgan fingerprint density at radius 3 is 2.86 bits per heavy atom. The van der Waals surface area contributed by atoms with E-state index in [1.54, 1.807) is 0 Å². The standard InChI is InChI=1S/C12H24N2/c1-11-4-3-9-14(10-11)12-5-2-7-13-8-6-12/h11-13H,2-10H2,1H3. The highest BCUT2D eigenvalue weighted by atomic mass is 15.2. The molecule has 82 valence electrons. The Morgan fingerprint density at radius 1 is 1.07 bits per heavy atom. The summed E-state index contributed by atoms with van der Waals surface area (Å²) in [7, 11) is 0. The fourth-order valence-electron chi connectivity index (χ4n) is 2.92. The van der Waals surface area contributed by atoms with E-state index >= 15 is 0 Å². The van der Waals surface area contributed by atoms with Crippen LogP contribution in [0.4, 0.5) is 0 Å². The number of hydrogen-bond acceptors (Lipinski definition) is 2. The zero-order valence-electron chi connectivity index (χ0n) is 9.47. The predicted octanol–water partition coefficient (Wildman–Crippen LogP) is 1.86. The lowest BCUT2D eigenvalue weighted by atomic mass is 9.96. The van der Waals surface area contributed by atoms with E-state index in [0.717, 1.165) is 12.0 Å². The van der Waals surface area contributed by atoms with Crippen LogP contribution in [-0.4, -0.2) is 37.1 Å². The Balaban J connectivity index is 1.85. The van der Waals surface area contributed by atoms with Crippen LogP contribution in [0, 0.1) is 5.92 Å². The molecular formula is C12H24N2. The van der Waals surface area contributed by atoms with E-state index in [2.05, 4.69) is 17.1 Å². The van der Waals surface area contributed by atoms with Crippen molar-refractivity contribution in [2.24, 2.45) is 5.92 Å². The molecule has 1 N–H and O–H groups in total. The lowest BCUT2D eigenvalue weighted by Crippen LogP contribution is -2.42. The van der Waals surface area contributed by atoms with Crippen LogP contribution in [0.15, 0.2) is 0 Å². The van der Waals surface area contributed by atoms with Crippen LogP contribution in [-0.2, 0) is 0 Å². The van der Waals surface area contributed by atoms with Gasteiger partial charge in [0.15, 0.2) is 0 Å². The first kappa shape index (κ1) is 10.4. The van der Waals surface area contributed by atoms with E-state index in [1.807, 2.05) is 0 Å². The summed E-state index contributed by atoms with van der Waals surface area (Å²) in [6, 6.07) is 0.882. The lowest BCUT2D eigenvalue weighted by Gasteiger charge is -2.36. The van der Waals surface area contributed by atoms with Crippen molar-refractivity contribution in [2.45, 2.75) is 45.1 Å². The first-order valence-corrected chi connectivity index (χ1v) is 6.31. The van der Waals surface area contributed by atoms with E-state index in [-0.39, 0.29) is 0 Å². The van der Waals surface area contributed by atoms with Gasteiger partial charge in [0.05, 0.1) is 0 Å². The number of nitrogens with one attached hydrogen (secondary N) is 1. The van der Waals surface area contributed by atoms with Gasteiger partial charge in [-0.15, -0.1) is 0 Å². The molecule has 2 saturated heterocycles. The van der Waals surface area contributed by atoms with Gasteiger partial charge in [-0.3, -0.25) is 0 Å². The molecule has 2 atom stereocenters. The Hall–Kier alpha value is -0.0800. The lowest BCUT2D eigenvalue weighted by molar-refractivity contribution is 0.121. The smallest absolute Gasteiger partial charge is 0.0108 e. The number of likely N-dealkylation sites (tertiary alicyclic amines) is 1. The normalized spacial score (nSPS) is 36.6. The molecule has 0 bridgehead atoms. The van der Waals surface area contributed by atoms with E-state index in [9.17, 15) is 0 Å². The fourth-order valence-corrected chi connectivity index (χ4v) is 2.92. The van der Waals surface area contributed by atoms with Gasteiger partial charge in [0.2, 0.25) is 0 Å². The van der Waals surface area contributed by atoms with Crippen LogP contribution in [0.2, 0.25) is 0 Å². The molecule has 2 heteroatoms. The van der Waals surface area contributed by atoms with E-state index in [1.165, 1.54) is 58.3 Å². The van der Waals surface area contributed by atoms with Crippen LogP contribution < -0.4 is 5.32 Å². The Morgan fingerprint density at radius 2 is 2.00 bits per heavy atom. The van der Waals surface area contributed by atoms with Crippen LogP contribution in [0.5, 0.6) is 0 Å². The molecule has 2 unspecified atom stereocenters. The Labute approximate surface area is 88.1 Å². The summed E-state index contributed by atoms with van der Waals surface area (Å²) in [5.41, 5.74) is 0. The van der Waals surface area contributed by atoms with Crippen molar-refractivity contribution in [1.29, 1.82) is 0 Å². The molecule has 0 aliphatic carbocycles. The Kier molecular flexibility index (Phi) is 3.82. The summed E-state index contributed by atoms with van der Waals surface area (Å²) in [5.74, 6) is 0.931. The molecule has 0 aromatic heterocycles. The van der Waals surface area contributed by atoms with E-state index in [4.69, 9.17) is 0 Å². The van der Waals surface area contributed by atoms with Gasteiger partial charge in [0.1, 0.15) is 0 Å². The second kappa shape index (κ2) is 5.13. The molecule has 2 rings (SSSR count). The van der Waals surface area contributed by atoms with Crippen LogP contribution >= 0.6 is 0 Å². The molecule has 0 radical (unpaired) electrons. The monoisotopic (exact) mass is 196 g/mol. The van der Waals surface area contributed by atoms with Gasteiger partial charge in [0, 0.05) is 12.6 Å². The van der Waals surface area contributed by atoms with Crippen LogP contribution in [0.1, 0.15) is 39.0 Å². The number of nitrogens with zero attached hydrogens (tertiary/aromatic N) is 1. The summed E-state index contributed by atoms with van der Waals surface area (Å²) in [4.78, 5) is 2.75. The van der Waals surface area contributed by atoms with Gasteiger partial charge >= 0.3 is 0 Å². The fraction of sp³-hybridized carbons (Fsp3) is 1.00. The third-order valence-corrected chi connectivity index (χ3v) is 3.75. The van der Waals surface area contributed by atoms with Gasteiger partial charge in [-0.2, -0.15) is 0 Å². The van der Waals surface area contributed by atoms with Gasteiger partial charge in [-0.25, -0.2) is 0 Å². The second-order valence-electron chi connectivity index (χ2n) is 5.08. The minimum Gasteiger partial charge on any atom is -0.317 e. The third-order valence-electron chi connectivity index (χ3n) is 3.75. The van der Waals surface area contributed by atoms with Crippen molar-refractivity contribution in [3.05, 3.63) is 0 Å². The quantitative estimate of drug-likeness (QED) is 0.688. The molecule has 2 nitrogen and oxygen atoms in total. The van der Waals surface area contributed by atoms with Crippen molar-refractivity contribution in [2.75, 3.05) is 26.2 Å². The summed E-state index contributed by atoms with van der Waals surface area (Å²) in [5, 5.41) is 3.50. The van der Waals surface area contributed by atoms with Crippen molar-refractivity contribution in [1.82, 2.24) is 10.2 Å². The maximum absolute atomic E-state index is 3.50. The summed E-state index contributed by atoms with van der Waals surface area (Å²) < 4.78 is 0. The van der Waals surface area contributed by atoms with Crippen molar-refractivity contribution >= 4 is 0 Å². The van der Waals surface area contributed by atoms with Gasteiger partial charge in [0.25, 0.3) is 0 Å². The van der Waals surface area contributed by atoms with Crippen LogP contribution in [0.25, 0.3) is 0 Å². The summed E-state index contributed by atoms with van der Waals surface area (Å²) in [6.45, 7) is 7.58. The average Bonchev–Trinajstić information content (AvgIpc) is 2.45. The largest absolute Gasteiger partial charge is 0.317 e. The zero-order chi connectivity index (χ0) is 9.80. The van der Waals surface area contributed by atoms with Gasteiger partial charge in [-0.05, 0) is 57.7 Å². The molecule has 0 saturated carbocycles. The molecule has 0 aromatic rings. The van der Waals surface area contributed by atoms with Crippen molar-refractivity contribution in [3.8, 4) is 0 Å². The molecule has 0 aromatic carbocycles. The third kappa shape index (κ3) is 2.71. The van der Waals surface area contributed by atoms with Crippen LogP contribution in [0.3, 0.4) is 0 Å². The second-order valence-corrected chi connectivity index (χ2v) is 5.08. The van der Waals surface area contributed by atoms with Crippen molar-refractivity contribution < 1.29 is 0 Å². The minimum absolute atomic E-state index is 0.882. The first-order chi connectivity index (χ1) is 6.86. The number of hydrogen-bond donors (Lipinski definition) is 1. The minimum atomic E-state index is 0.882. The molecule has 0 spiro atoms. The SMILES string of the molecule is CC1CCCN(C2CCCNCC2)C1. The highest BCUT2D eigenvalue weighted by Gasteiger charge is 2.23. The summed E-state index contributed by atoms with van der Waals surface area (Å²) in [6.07, 6.45) is 7.02. The molecule has 2 aliphatic heterocycles. The molecule has 2 aliphatic rings. The molecule has 2 heterocycles. The van der Waals surface area contributed by atoms with Crippen molar-refractivity contribution in [3.63, 3.8) is 0 Å². The molecule has 0 amide bonds. The first-order valence-electron chi connectivity index (χ1n) is 6.31. The highest BCUT2D eigenvalue weighted by Crippen LogP contribution is 2.21. The average molecular weight is 196 g/mol. The predicted molar refractivity (Wildman–Crippen MR) is 60.5 cm³/mol. The maximum atomic E-state index is 3.50. The van der Waals surface area contributed by atoms with Gasteiger partial charge in [-0.1, -0.05) is 6.92 Å². The Bertz CT molecular complexity index is 162. The maximum Gasteiger partial charge on any atom is 0.0108 e. The molecular weight excluding hydrogens is 172 g/mol. The van der Waals surface area contributed by atoms with Gasteiger partial charge < -0.3 is 10.2 Å².